The van der Waals surface area contributed by atoms with Gasteiger partial charge in [-0.25, -0.2) is 8.78 Å². The quantitative estimate of drug-likeness (QED) is 0.419. The van der Waals surface area contributed by atoms with Crippen LogP contribution in [-0.4, -0.2) is 21.8 Å². The van der Waals surface area contributed by atoms with Crippen molar-refractivity contribution in [3.8, 4) is 0 Å². The van der Waals surface area contributed by atoms with Crippen molar-refractivity contribution in [2.24, 2.45) is 0 Å². The van der Waals surface area contributed by atoms with E-state index in [2.05, 4.69) is 23.2 Å². The van der Waals surface area contributed by atoms with E-state index in [1.165, 1.54) is 0 Å². The standard InChI is InChI=1S/C4Cl2F2O2/c5-3(7)1(9)2(10)4(3,6)8. The lowest BCUT2D eigenvalue weighted by Gasteiger charge is -2.34. The number of rotatable bonds is 0. The third kappa shape index (κ3) is 0.582. The molecule has 0 aromatic heterocycles. The maximum absolute atomic E-state index is 12.3. The van der Waals surface area contributed by atoms with Crippen molar-refractivity contribution in [3.05, 3.63) is 0 Å². The van der Waals surface area contributed by atoms with Gasteiger partial charge in [-0.1, -0.05) is 23.2 Å². The molecular weight excluding hydrogens is 189 g/mol. The highest BCUT2D eigenvalue weighted by atomic mass is 35.5. The van der Waals surface area contributed by atoms with Crippen LogP contribution in [-0.2, 0) is 9.59 Å². The Morgan fingerprint density at radius 3 is 1.30 bits per heavy atom. The minimum Gasteiger partial charge on any atom is -0.285 e. The van der Waals surface area contributed by atoms with E-state index >= 15 is 0 Å². The second-order valence-electron chi connectivity index (χ2n) is 1.81. The maximum Gasteiger partial charge on any atom is 0.304 e. The van der Waals surface area contributed by atoms with Crippen molar-refractivity contribution >= 4 is 34.8 Å². The summed E-state index contributed by atoms with van der Waals surface area (Å²) in [6, 6.07) is 0. The van der Waals surface area contributed by atoms with Crippen LogP contribution in [0.1, 0.15) is 0 Å². The number of carbonyl (C=O) groups excluding carboxylic acids is 2. The van der Waals surface area contributed by atoms with Crippen LogP contribution in [0.4, 0.5) is 8.78 Å². The largest absolute Gasteiger partial charge is 0.304 e. The van der Waals surface area contributed by atoms with Gasteiger partial charge < -0.3 is 0 Å². The van der Waals surface area contributed by atoms with Crippen molar-refractivity contribution in [1.82, 2.24) is 0 Å². The molecule has 0 radical (unpaired) electrons. The molecule has 0 heterocycles. The Kier molecular flexibility index (Phi) is 1.33. The number of halogens is 4. The first-order chi connectivity index (χ1) is 4.32. The van der Waals surface area contributed by atoms with Gasteiger partial charge in [0.15, 0.2) is 0 Å². The number of ketones is 2. The van der Waals surface area contributed by atoms with Gasteiger partial charge >= 0.3 is 10.3 Å². The molecule has 56 valence electrons. The highest BCUT2D eigenvalue weighted by Crippen LogP contribution is 2.48. The highest BCUT2D eigenvalue weighted by molar-refractivity contribution is 6.71. The smallest absolute Gasteiger partial charge is 0.285 e. The summed E-state index contributed by atoms with van der Waals surface area (Å²) in [6.07, 6.45) is 0. The second kappa shape index (κ2) is 1.68. The van der Waals surface area contributed by atoms with Crippen LogP contribution in [0.15, 0.2) is 0 Å². The average Bonchev–Trinajstić information content (AvgIpc) is 1.84. The number of Topliss-reactive ketones (excluding diaryl/α,β-unsaturated/α-hetero) is 2. The average molecular weight is 189 g/mol. The first-order valence-corrected chi connectivity index (χ1v) is 2.92. The van der Waals surface area contributed by atoms with Crippen molar-refractivity contribution < 1.29 is 18.4 Å². The molecule has 2 nitrogen and oxygen atoms in total. The Hall–Kier alpha value is -0.220. The van der Waals surface area contributed by atoms with E-state index in [-0.39, 0.29) is 0 Å². The molecule has 2 unspecified atom stereocenters. The number of hydrogen-bond donors (Lipinski definition) is 0. The molecule has 0 saturated heterocycles. The Bertz CT molecular complexity index is 199. The summed E-state index contributed by atoms with van der Waals surface area (Å²) in [5.41, 5.74) is 0. The third-order valence-corrected chi connectivity index (χ3v) is 2.13. The minimum atomic E-state index is -3.37. The number of hydrogen-bond acceptors (Lipinski definition) is 2. The molecule has 0 aromatic carbocycles. The van der Waals surface area contributed by atoms with E-state index in [1.807, 2.05) is 0 Å². The fourth-order valence-electron chi connectivity index (χ4n) is 0.508. The van der Waals surface area contributed by atoms with Gasteiger partial charge in [-0.15, -0.1) is 0 Å². The molecule has 0 spiro atoms. The Labute approximate surface area is 64.1 Å². The van der Waals surface area contributed by atoms with Crippen LogP contribution in [0.3, 0.4) is 0 Å². The third-order valence-electron chi connectivity index (χ3n) is 1.17. The Balaban J connectivity index is 3.04. The first-order valence-electron chi connectivity index (χ1n) is 2.16. The van der Waals surface area contributed by atoms with Gasteiger partial charge in [0.25, 0.3) is 11.6 Å². The summed E-state index contributed by atoms with van der Waals surface area (Å²) in [7, 11) is 0. The van der Waals surface area contributed by atoms with Crippen LogP contribution in [0.5, 0.6) is 0 Å². The van der Waals surface area contributed by atoms with Crippen LogP contribution in [0, 0.1) is 0 Å². The first kappa shape index (κ1) is 7.88. The normalized spacial score (nSPS) is 47.2. The summed E-state index contributed by atoms with van der Waals surface area (Å²) >= 11 is 9.19. The monoisotopic (exact) mass is 188 g/mol. The molecule has 0 bridgehead atoms. The van der Waals surface area contributed by atoms with Crippen LogP contribution in [0.25, 0.3) is 0 Å². The van der Waals surface area contributed by atoms with Gasteiger partial charge in [0.2, 0.25) is 0 Å². The van der Waals surface area contributed by atoms with Crippen LogP contribution >= 0.6 is 23.2 Å². The summed E-state index contributed by atoms with van der Waals surface area (Å²) < 4.78 is 24.6. The molecule has 0 aromatic rings. The zero-order valence-corrected chi connectivity index (χ0v) is 5.84. The molecular formula is C4Cl2F2O2. The summed E-state index contributed by atoms with van der Waals surface area (Å²) in [4.78, 5) is 20.2. The zero-order chi connectivity index (χ0) is 8.15. The predicted octanol–water partition coefficient (Wildman–Crippen LogP) is 0.947. The molecule has 0 N–H and O–H groups in total. The van der Waals surface area contributed by atoms with E-state index in [0.717, 1.165) is 0 Å². The number of alkyl halides is 4. The van der Waals surface area contributed by atoms with Gasteiger partial charge in [-0.2, -0.15) is 0 Å². The summed E-state index contributed by atoms with van der Waals surface area (Å²) in [6.45, 7) is 0. The highest BCUT2D eigenvalue weighted by Gasteiger charge is 2.75. The molecule has 1 fully saturated rings. The molecule has 0 aliphatic heterocycles. The maximum atomic E-state index is 12.3. The van der Waals surface area contributed by atoms with Gasteiger partial charge in [-0.3, -0.25) is 9.59 Å². The topological polar surface area (TPSA) is 34.1 Å². The van der Waals surface area contributed by atoms with Gasteiger partial charge in [0.05, 0.1) is 0 Å². The van der Waals surface area contributed by atoms with Gasteiger partial charge in [-0.05, 0) is 0 Å². The fraction of sp³-hybridized carbons (Fsp3) is 0.500. The summed E-state index contributed by atoms with van der Waals surface area (Å²) in [5.74, 6) is -3.27. The van der Waals surface area contributed by atoms with E-state index in [9.17, 15) is 18.4 Å². The Morgan fingerprint density at radius 2 is 1.20 bits per heavy atom. The zero-order valence-electron chi connectivity index (χ0n) is 4.33. The van der Waals surface area contributed by atoms with Gasteiger partial charge in [0, 0.05) is 0 Å². The van der Waals surface area contributed by atoms with E-state index in [0.29, 0.717) is 0 Å². The van der Waals surface area contributed by atoms with Crippen molar-refractivity contribution in [2.45, 2.75) is 10.3 Å². The minimum absolute atomic E-state index is 1.63. The van der Waals surface area contributed by atoms with Crippen LogP contribution < -0.4 is 0 Å². The van der Waals surface area contributed by atoms with Crippen molar-refractivity contribution in [1.29, 1.82) is 0 Å². The van der Waals surface area contributed by atoms with E-state index < -0.39 is 21.8 Å². The van der Waals surface area contributed by atoms with Crippen molar-refractivity contribution in [3.63, 3.8) is 0 Å². The lowest BCUT2D eigenvalue weighted by Crippen LogP contribution is -2.67. The van der Waals surface area contributed by atoms with E-state index in [1.54, 1.807) is 0 Å². The fourth-order valence-corrected chi connectivity index (χ4v) is 0.851. The molecule has 1 rings (SSSR count). The second-order valence-corrected chi connectivity index (χ2v) is 2.85. The molecule has 1 aliphatic rings. The van der Waals surface area contributed by atoms with Crippen LogP contribution in [0.2, 0.25) is 0 Å². The lowest BCUT2D eigenvalue weighted by molar-refractivity contribution is -0.161. The van der Waals surface area contributed by atoms with Gasteiger partial charge in [0.1, 0.15) is 0 Å². The molecule has 6 heteroatoms. The lowest BCUT2D eigenvalue weighted by atomic mass is 9.90. The predicted molar refractivity (Wildman–Crippen MR) is 29.4 cm³/mol. The molecule has 1 saturated carbocycles. The molecule has 1 aliphatic carbocycles. The van der Waals surface area contributed by atoms with Crippen molar-refractivity contribution in [2.75, 3.05) is 0 Å². The van der Waals surface area contributed by atoms with E-state index in [4.69, 9.17) is 0 Å². The number of carbonyl (C=O) groups is 2. The SMILES string of the molecule is O=C1C(=O)C(F)(Cl)C1(F)Cl. The Morgan fingerprint density at radius 1 is 1.00 bits per heavy atom. The molecule has 2 atom stereocenters. The molecule has 0 amide bonds. The molecule has 10 heavy (non-hydrogen) atoms. The summed E-state index contributed by atoms with van der Waals surface area (Å²) in [5, 5.41) is -6.74.